The van der Waals surface area contributed by atoms with Crippen LogP contribution < -0.4 is 4.74 Å². The Labute approximate surface area is 109 Å². The van der Waals surface area contributed by atoms with Crippen LogP contribution in [0.2, 0.25) is 0 Å². The number of hydrogen-bond acceptors (Lipinski definition) is 3. The fourth-order valence-electron chi connectivity index (χ4n) is 1.44. The van der Waals surface area contributed by atoms with Crippen LogP contribution in [0.15, 0.2) is 23.6 Å². The quantitative estimate of drug-likeness (QED) is 0.733. The number of hydrogen-bond donors (Lipinski definition) is 0. The molecule has 1 unspecified atom stereocenters. The molecule has 0 amide bonds. The summed E-state index contributed by atoms with van der Waals surface area (Å²) in [5.41, 5.74) is 0. The van der Waals surface area contributed by atoms with Gasteiger partial charge >= 0.3 is 0 Å². The minimum Gasteiger partial charge on any atom is -0.496 e. The van der Waals surface area contributed by atoms with Gasteiger partial charge in [0.1, 0.15) is 11.1 Å². The fourth-order valence-corrected chi connectivity index (χ4v) is 3.73. The highest BCUT2D eigenvalue weighted by Gasteiger charge is 2.15. The van der Waals surface area contributed by atoms with E-state index in [1.54, 1.807) is 29.8 Å². The van der Waals surface area contributed by atoms with E-state index in [9.17, 15) is 0 Å². The fraction of sp³-hybridized carbons (Fsp3) is 0.333. The Bertz CT molecular complexity index is 419. The van der Waals surface area contributed by atoms with Crippen molar-refractivity contribution in [2.45, 2.75) is 18.7 Å². The molecule has 0 fully saturated rings. The number of rotatable bonds is 4. The van der Waals surface area contributed by atoms with E-state index in [1.807, 2.05) is 11.4 Å². The lowest BCUT2D eigenvalue weighted by molar-refractivity contribution is 0.416. The van der Waals surface area contributed by atoms with Crippen LogP contribution in [0, 0.1) is 0 Å². The van der Waals surface area contributed by atoms with E-state index in [0.29, 0.717) is 0 Å². The third-order valence-electron chi connectivity index (χ3n) is 2.36. The molecule has 2 aromatic rings. The van der Waals surface area contributed by atoms with E-state index >= 15 is 0 Å². The normalized spacial score (nSPS) is 12.7. The van der Waals surface area contributed by atoms with Crippen molar-refractivity contribution in [3.63, 3.8) is 0 Å². The largest absolute Gasteiger partial charge is 0.496 e. The summed E-state index contributed by atoms with van der Waals surface area (Å²) in [6.45, 7) is 2.16. The van der Waals surface area contributed by atoms with E-state index in [-0.39, 0.29) is 5.38 Å². The molecule has 0 aromatic carbocycles. The van der Waals surface area contributed by atoms with Gasteiger partial charge in [-0.15, -0.1) is 34.3 Å². The molecule has 0 aliphatic carbocycles. The van der Waals surface area contributed by atoms with E-state index in [1.165, 1.54) is 9.75 Å². The maximum atomic E-state index is 6.44. The van der Waals surface area contributed by atoms with Crippen LogP contribution in [0.1, 0.15) is 26.9 Å². The molecule has 0 saturated heterocycles. The van der Waals surface area contributed by atoms with Crippen molar-refractivity contribution < 1.29 is 4.74 Å². The number of alkyl halides is 1. The van der Waals surface area contributed by atoms with Gasteiger partial charge in [0, 0.05) is 20.0 Å². The molecule has 2 rings (SSSR count). The molecule has 2 heterocycles. The first-order valence-electron chi connectivity index (χ1n) is 5.09. The van der Waals surface area contributed by atoms with Crippen LogP contribution >= 0.6 is 34.3 Å². The SMILES string of the molecule is CCc1ccc(C(Cl)c2cc(OC)cs2)s1. The van der Waals surface area contributed by atoms with Crippen LogP contribution in [0.25, 0.3) is 0 Å². The van der Waals surface area contributed by atoms with Gasteiger partial charge in [0.25, 0.3) is 0 Å². The molecule has 0 N–H and O–H groups in total. The highest BCUT2D eigenvalue weighted by Crippen LogP contribution is 2.38. The number of methoxy groups -OCH3 is 1. The summed E-state index contributed by atoms with van der Waals surface area (Å²) < 4.78 is 5.16. The van der Waals surface area contributed by atoms with E-state index in [4.69, 9.17) is 16.3 Å². The summed E-state index contributed by atoms with van der Waals surface area (Å²) in [5, 5.41) is 1.94. The predicted molar refractivity (Wildman–Crippen MR) is 72.3 cm³/mol. The van der Waals surface area contributed by atoms with Crippen LogP contribution in [-0.2, 0) is 6.42 Å². The van der Waals surface area contributed by atoms with Gasteiger partial charge in [-0.2, -0.15) is 0 Å². The number of ether oxygens (including phenoxy) is 1. The first kappa shape index (κ1) is 12.0. The minimum atomic E-state index is -0.0424. The summed E-state index contributed by atoms with van der Waals surface area (Å²) >= 11 is 9.87. The van der Waals surface area contributed by atoms with Crippen molar-refractivity contribution in [2.24, 2.45) is 0 Å². The third kappa shape index (κ3) is 2.42. The summed E-state index contributed by atoms with van der Waals surface area (Å²) in [4.78, 5) is 3.73. The van der Waals surface area contributed by atoms with E-state index < -0.39 is 0 Å². The standard InChI is InChI=1S/C12H13ClOS2/c1-3-9-4-5-10(16-9)12(13)11-6-8(14-2)7-15-11/h4-7,12H,3H2,1-2H3. The highest BCUT2D eigenvalue weighted by atomic mass is 35.5. The maximum absolute atomic E-state index is 6.44. The molecule has 0 radical (unpaired) electrons. The molecule has 1 atom stereocenters. The van der Waals surface area contributed by atoms with Crippen molar-refractivity contribution in [3.8, 4) is 5.75 Å². The number of aryl methyl sites for hydroxylation is 1. The van der Waals surface area contributed by atoms with Gasteiger partial charge in [-0.1, -0.05) is 6.92 Å². The van der Waals surface area contributed by atoms with Crippen LogP contribution in [0.4, 0.5) is 0 Å². The van der Waals surface area contributed by atoms with Crippen molar-refractivity contribution in [1.82, 2.24) is 0 Å². The summed E-state index contributed by atoms with van der Waals surface area (Å²) in [6.07, 6.45) is 1.07. The zero-order chi connectivity index (χ0) is 11.5. The number of halogens is 1. The molecule has 0 bridgehead atoms. The summed E-state index contributed by atoms with van der Waals surface area (Å²) in [5.74, 6) is 0.887. The summed E-state index contributed by atoms with van der Waals surface area (Å²) in [6, 6.07) is 6.28. The Hall–Kier alpha value is -0.510. The monoisotopic (exact) mass is 272 g/mol. The second kappa shape index (κ2) is 5.21. The molecular formula is C12H13ClOS2. The lowest BCUT2D eigenvalue weighted by atomic mass is 10.3. The van der Waals surface area contributed by atoms with Gasteiger partial charge in [-0.05, 0) is 24.6 Å². The topological polar surface area (TPSA) is 9.23 Å². The van der Waals surface area contributed by atoms with Crippen molar-refractivity contribution in [1.29, 1.82) is 0 Å². The predicted octanol–water partition coefficient (Wildman–Crippen LogP) is 4.71. The van der Waals surface area contributed by atoms with Crippen LogP contribution in [-0.4, -0.2) is 7.11 Å². The van der Waals surface area contributed by atoms with Gasteiger partial charge in [0.2, 0.25) is 0 Å². The van der Waals surface area contributed by atoms with Gasteiger partial charge in [0.05, 0.1) is 7.11 Å². The van der Waals surface area contributed by atoms with E-state index in [0.717, 1.165) is 17.0 Å². The second-order valence-corrected chi connectivity index (χ2v) is 5.99. The molecule has 0 aliphatic rings. The van der Waals surface area contributed by atoms with Crippen LogP contribution in [0.5, 0.6) is 5.75 Å². The van der Waals surface area contributed by atoms with Crippen LogP contribution in [0.3, 0.4) is 0 Å². The van der Waals surface area contributed by atoms with Gasteiger partial charge in [-0.3, -0.25) is 0 Å². The highest BCUT2D eigenvalue weighted by molar-refractivity contribution is 7.13. The zero-order valence-corrected chi connectivity index (χ0v) is 11.6. The average Bonchev–Trinajstić information content (AvgIpc) is 2.97. The Morgan fingerprint density at radius 2 is 2.19 bits per heavy atom. The molecule has 16 heavy (non-hydrogen) atoms. The molecular weight excluding hydrogens is 260 g/mol. The first-order chi connectivity index (χ1) is 7.74. The Kier molecular flexibility index (Phi) is 3.90. The first-order valence-corrected chi connectivity index (χ1v) is 7.23. The average molecular weight is 273 g/mol. The molecule has 0 spiro atoms. The smallest absolute Gasteiger partial charge is 0.129 e. The molecule has 86 valence electrons. The lowest BCUT2D eigenvalue weighted by Gasteiger charge is -2.03. The molecule has 4 heteroatoms. The Morgan fingerprint density at radius 1 is 1.38 bits per heavy atom. The Morgan fingerprint density at radius 3 is 2.75 bits per heavy atom. The summed E-state index contributed by atoms with van der Waals surface area (Å²) in [7, 11) is 1.68. The third-order valence-corrected chi connectivity index (χ3v) is 5.36. The van der Waals surface area contributed by atoms with Crippen molar-refractivity contribution >= 4 is 34.3 Å². The van der Waals surface area contributed by atoms with Gasteiger partial charge in [0.15, 0.2) is 0 Å². The van der Waals surface area contributed by atoms with Gasteiger partial charge in [-0.25, -0.2) is 0 Å². The Balaban J connectivity index is 2.20. The van der Waals surface area contributed by atoms with E-state index in [2.05, 4.69) is 19.1 Å². The van der Waals surface area contributed by atoms with Crippen molar-refractivity contribution in [2.75, 3.05) is 7.11 Å². The molecule has 0 aliphatic heterocycles. The van der Waals surface area contributed by atoms with Crippen molar-refractivity contribution in [3.05, 3.63) is 38.2 Å². The maximum Gasteiger partial charge on any atom is 0.129 e. The van der Waals surface area contributed by atoms with Gasteiger partial charge < -0.3 is 4.74 Å². The molecule has 0 saturated carbocycles. The molecule has 1 nitrogen and oxygen atoms in total. The minimum absolute atomic E-state index is 0.0424. The zero-order valence-electron chi connectivity index (χ0n) is 9.20. The molecule has 2 aromatic heterocycles. The second-order valence-electron chi connectivity index (χ2n) is 3.41. The number of thiophene rings is 2. The lowest BCUT2D eigenvalue weighted by Crippen LogP contribution is -1.85.